The van der Waals surface area contributed by atoms with E-state index in [1.807, 2.05) is 12.1 Å². The number of esters is 1. The summed E-state index contributed by atoms with van der Waals surface area (Å²) < 4.78 is 61.2. The molecule has 1 aliphatic heterocycles. The van der Waals surface area contributed by atoms with Crippen LogP contribution in [0.4, 0.5) is 24.5 Å². The van der Waals surface area contributed by atoms with E-state index in [0.29, 0.717) is 46.9 Å². The molecule has 2 atom stereocenters. The van der Waals surface area contributed by atoms with Crippen molar-refractivity contribution in [2.45, 2.75) is 68.4 Å². The zero-order valence-electron chi connectivity index (χ0n) is 24.0. The summed E-state index contributed by atoms with van der Waals surface area (Å²) in [5.41, 5.74) is 1.70. The van der Waals surface area contributed by atoms with Crippen LogP contribution >= 0.6 is 0 Å². The van der Waals surface area contributed by atoms with Crippen LogP contribution in [0.2, 0.25) is 0 Å². The van der Waals surface area contributed by atoms with Crippen LogP contribution in [0.1, 0.15) is 71.5 Å². The molecule has 0 N–H and O–H groups in total. The highest BCUT2D eigenvalue weighted by Crippen LogP contribution is 2.59. The van der Waals surface area contributed by atoms with Crippen molar-refractivity contribution in [2.24, 2.45) is 0 Å². The number of hydrogen-bond donors (Lipinski definition) is 0. The predicted molar refractivity (Wildman–Crippen MR) is 152 cm³/mol. The summed E-state index contributed by atoms with van der Waals surface area (Å²) in [7, 11) is 1.31. The summed E-state index contributed by atoms with van der Waals surface area (Å²) in [5, 5.41) is 4.26. The standard InChI is InChI=1S/C33H29F3N2O6/c1-31(14-4-3-5-26(31)43-33(34,35)36)28-23(27(44-37-28)19-6-7-19)18-42-22-12-13-25-24(17-22)32(15-16-32)30(40)38(25)21-10-8-20(9-11-21)29(39)41-2/h3-5,8-14,17,19,26H,6-7,15-16,18H2,1-2H3. The highest BCUT2D eigenvalue weighted by molar-refractivity contribution is 6.14. The number of rotatable bonds is 8. The minimum atomic E-state index is -4.83. The second-order valence-corrected chi connectivity index (χ2v) is 11.9. The van der Waals surface area contributed by atoms with Crippen LogP contribution in [-0.4, -0.2) is 36.6 Å². The Morgan fingerprint density at radius 3 is 2.52 bits per heavy atom. The minimum absolute atomic E-state index is 0.0228. The first-order valence-electron chi connectivity index (χ1n) is 14.4. The van der Waals surface area contributed by atoms with Gasteiger partial charge in [-0.1, -0.05) is 29.5 Å². The number of benzene rings is 2. The maximum absolute atomic E-state index is 13.7. The Bertz CT molecular complexity index is 1700. The molecule has 1 spiro atoms. The van der Waals surface area contributed by atoms with E-state index in [1.54, 1.807) is 54.3 Å². The van der Waals surface area contributed by atoms with Gasteiger partial charge in [-0.05, 0) is 80.6 Å². The Kier molecular flexibility index (Phi) is 6.51. The first kappa shape index (κ1) is 28.4. The van der Waals surface area contributed by atoms with Crippen LogP contribution in [0.15, 0.2) is 71.3 Å². The molecule has 2 unspecified atom stereocenters. The predicted octanol–water partition coefficient (Wildman–Crippen LogP) is 6.92. The molecular formula is C33H29F3N2O6. The average molecular weight is 607 g/mol. The lowest BCUT2D eigenvalue weighted by Gasteiger charge is -2.34. The molecule has 0 saturated heterocycles. The summed E-state index contributed by atoms with van der Waals surface area (Å²) in [6, 6.07) is 12.2. The van der Waals surface area contributed by atoms with Crippen molar-refractivity contribution < 1.29 is 41.5 Å². The molecule has 2 heterocycles. The summed E-state index contributed by atoms with van der Waals surface area (Å²) in [6.07, 6.45) is 3.25. The van der Waals surface area contributed by atoms with Gasteiger partial charge in [0.1, 0.15) is 23.8 Å². The first-order chi connectivity index (χ1) is 21.0. The maximum atomic E-state index is 13.7. The van der Waals surface area contributed by atoms with Crippen molar-refractivity contribution in [3.63, 3.8) is 0 Å². The number of nitrogens with zero attached hydrogens (tertiary/aromatic N) is 2. The smallest absolute Gasteiger partial charge is 0.489 e. The number of amides is 1. The lowest BCUT2D eigenvalue weighted by atomic mass is 9.76. The molecule has 0 radical (unpaired) electrons. The summed E-state index contributed by atoms with van der Waals surface area (Å²) >= 11 is 0. The first-order valence-corrected chi connectivity index (χ1v) is 14.4. The van der Waals surface area contributed by atoms with E-state index in [0.717, 1.165) is 24.1 Å². The molecular weight excluding hydrogens is 577 g/mol. The molecule has 44 heavy (non-hydrogen) atoms. The largest absolute Gasteiger partial charge is 0.523 e. The van der Waals surface area contributed by atoms with Crippen LogP contribution in [0, 0.1) is 0 Å². The van der Waals surface area contributed by atoms with Crippen molar-refractivity contribution >= 4 is 23.3 Å². The molecule has 3 aliphatic carbocycles. The Labute approximate surface area is 251 Å². The van der Waals surface area contributed by atoms with Crippen LogP contribution in [0.3, 0.4) is 0 Å². The summed E-state index contributed by atoms with van der Waals surface area (Å²) in [6.45, 7) is 1.67. The molecule has 0 bridgehead atoms. The number of aromatic nitrogens is 1. The molecule has 2 aromatic carbocycles. The number of halogens is 3. The van der Waals surface area contributed by atoms with Gasteiger partial charge in [0.25, 0.3) is 0 Å². The molecule has 2 saturated carbocycles. The number of alkyl halides is 3. The SMILES string of the molecule is COC(=O)c1ccc(N2C(=O)C3(CC3)c3cc(OCc4c(C5(C)C=CC=CC5OC(F)(F)F)noc4C4CC4)ccc32)cc1. The highest BCUT2D eigenvalue weighted by atomic mass is 19.4. The van der Waals surface area contributed by atoms with Gasteiger partial charge in [0.15, 0.2) is 0 Å². The van der Waals surface area contributed by atoms with E-state index < -0.39 is 29.3 Å². The molecule has 1 amide bonds. The maximum Gasteiger partial charge on any atom is 0.523 e. The van der Waals surface area contributed by atoms with Gasteiger partial charge in [-0.25, -0.2) is 4.79 Å². The third-order valence-corrected chi connectivity index (χ3v) is 8.98. The van der Waals surface area contributed by atoms with Gasteiger partial charge < -0.3 is 14.0 Å². The second-order valence-electron chi connectivity index (χ2n) is 11.9. The molecule has 7 rings (SSSR count). The average Bonchev–Trinajstić information content (AvgIpc) is 3.94. The molecule has 2 fully saturated rings. The highest BCUT2D eigenvalue weighted by Gasteiger charge is 2.59. The van der Waals surface area contributed by atoms with E-state index in [2.05, 4.69) is 9.89 Å². The van der Waals surface area contributed by atoms with Gasteiger partial charge in [-0.2, -0.15) is 0 Å². The fraction of sp³-hybridized carbons (Fsp3) is 0.364. The number of carbonyl (C=O) groups is 2. The summed E-state index contributed by atoms with van der Waals surface area (Å²) in [4.78, 5) is 27.2. The van der Waals surface area contributed by atoms with E-state index in [9.17, 15) is 22.8 Å². The topological polar surface area (TPSA) is 91.1 Å². The molecule has 228 valence electrons. The number of methoxy groups -OCH3 is 1. The minimum Gasteiger partial charge on any atom is -0.489 e. The molecule has 3 aromatic rings. The van der Waals surface area contributed by atoms with Crippen LogP contribution < -0.4 is 9.64 Å². The zero-order chi connectivity index (χ0) is 30.9. The molecule has 11 heteroatoms. The summed E-state index contributed by atoms with van der Waals surface area (Å²) in [5.74, 6) is 0.779. The lowest BCUT2D eigenvalue weighted by Crippen LogP contribution is -2.41. The normalized spacial score (nSPS) is 23.2. The van der Waals surface area contributed by atoms with E-state index in [-0.39, 0.29) is 18.4 Å². The Morgan fingerprint density at radius 1 is 1.11 bits per heavy atom. The van der Waals surface area contributed by atoms with Gasteiger partial charge in [0, 0.05) is 11.6 Å². The van der Waals surface area contributed by atoms with Crippen molar-refractivity contribution in [1.29, 1.82) is 0 Å². The zero-order valence-corrected chi connectivity index (χ0v) is 24.0. The lowest BCUT2D eigenvalue weighted by molar-refractivity contribution is -0.341. The third kappa shape index (κ3) is 4.70. The second kappa shape index (κ2) is 10.1. The van der Waals surface area contributed by atoms with E-state index in [4.69, 9.17) is 14.0 Å². The Morgan fingerprint density at radius 2 is 1.86 bits per heavy atom. The van der Waals surface area contributed by atoms with Crippen molar-refractivity contribution in [1.82, 2.24) is 5.16 Å². The van der Waals surface area contributed by atoms with Gasteiger partial charge in [-0.15, -0.1) is 13.2 Å². The number of fused-ring (bicyclic) bond motifs is 2. The Balaban J connectivity index is 1.18. The van der Waals surface area contributed by atoms with Crippen molar-refractivity contribution in [2.75, 3.05) is 12.0 Å². The van der Waals surface area contributed by atoms with E-state index >= 15 is 0 Å². The van der Waals surface area contributed by atoms with Crippen molar-refractivity contribution in [3.8, 4) is 5.75 Å². The molecule has 4 aliphatic rings. The number of carbonyl (C=O) groups excluding carboxylic acids is 2. The molecule has 1 aromatic heterocycles. The fourth-order valence-corrected chi connectivity index (χ4v) is 6.29. The number of hydrogen-bond acceptors (Lipinski definition) is 7. The van der Waals surface area contributed by atoms with Crippen LogP contribution in [0.25, 0.3) is 0 Å². The molecule has 8 nitrogen and oxygen atoms in total. The monoisotopic (exact) mass is 606 g/mol. The number of allylic oxidation sites excluding steroid dienone is 2. The third-order valence-electron chi connectivity index (χ3n) is 8.98. The Hall–Kier alpha value is -4.38. The van der Waals surface area contributed by atoms with E-state index in [1.165, 1.54) is 19.3 Å². The quantitative estimate of drug-likeness (QED) is 0.257. The number of anilines is 2. The fourth-order valence-electron chi connectivity index (χ4n) is 6.29. The van der Waals surface area contributed by atoms with Crippen molar-refractivity contribution in [3.05, 3.63) is 94.9 Å². The van der Waals surface area contributed by atoms with Gasteiger partial charge >= 0.3 is 12.3 Å². The van der Waals surface area contributed by atoms with Crippen LogP contribution in [0.5, 0.6) is 5.75 Å². The van der Waals surface area contributed by atoms with Gasteiger partial charge in [-0.3, -0.25) is 14.4 Å². The number of ether oxygens (including phenoxy) is 3. The van der Waals surface area contributed by atoms with Gasteiger partial charge in [0.2, 0.25) is 5.91 Å². The van der Waals surface area contributed by atoms with Gasteiger partial charge in [0.05, 0.1) is 40.9 Å². The van der Waals surface area contributed by atoms with Crippen LogP contribution in [-0.2, 0) is 31.7 Å².